The van der Waals surface area contributed by atoms with Crippen LogP contribution < -0.4 is 16.0 Å². The van der Waals surface area contributed by atoms with Crippen LogP contribution in [0, 0.1) is 0 Å². The molecule has 5 rings (SSSR count). The smallest absolute Gasteiger partial charge is 0.411 e. The maximum atomic E-state index is 12.8. The van der Waals surface area contributed by atoms with Gasteiger partial charge in [-0.2, -0.15) is 0 Å². The van der Waals surface area contributed by atoms with Crippen LogP contribution in [0.15, 0.2) is 78.9 Å². The predicted octanol–water partition coefficient (Wildman–Crippen LogP) is 7.20. The fourth-order valence-corrected chi connectivity index (χ4v) is 6.38. The van der Waals surface area contributed by atoms with Crippen molar-refractivity contribution in [1.82, 2.24) is 20.0 Å². The van der Waals surface area contributed by atoms with Gasteiger partial charge in [0.1, 0.15) is 6.10 Å². The van der Waals surface area contributed by atoms with E-state index in [9.17, 15) is 14.4 Å². The maximum Gasteiger partial charge on any atom is 0.411 e. The van der Waals surface area contributed by atoms with Crippen LogP contribution in [-0.2, 0) is 9.53 Å². The summed E-state index contributed by atoms with van der Waals surface area (Å²) in [5, 5.41) is 9.70. The Morgan fingerprint density at radius 3 is 2.29 bits per heavy atom. The Balaban J connectivity index is 0.00000312. The Kier molecular flexibility index (Phi) is 20.5. The van der Waals surface area contributed by atoms with Crippen LogP contribution in [0.5, 0.6) is 0 Å². The number of likely N-dealkylation sites (tertiary alicyclic amines) is 1. The van der Waals surface area contributed by atoms with Crippen molar-refractivity contribution in [1.29, 1.82) is 0 Å². The molecule has 10 nitrogen and oxygen atoms in total. The first kappa shape index (κ1) is 44.6. The molecule has 0 bridgehead atoms. The number of amides is 3. The van der Waals surface area contributed by atoms with Crippen molar-refractivity contribution >= 4 is 66.5 Å². The number of hydrogen-bond acceptors (Lipinski definition) is 7. The molecule has 0 atom stereocenters. The Morgan fingerprint density at radius 2 is 1.54 bits per heavy atom. The maximum absolute atomic E-state index is 12.8. The molecule has 3 aromatic rings. The Bertz CT molecular complexity index is 1480. The van der Waals surface area contributed by atoms with E-state index in [0.29, 0.717) is 13.0 Å². The summed E-state index contributed by atoms with van der Waals surface area (Å²) in [6.45, 7) is 7.37. The standard InChI is InChI=1S/C39H52N6O4.3ClH/c1-43(37(46)15-6-3-9-23-41-33-18-16-32(17-19-33)38(47)45-25-10-22-40-24-28-45)29-30-44-26-20-34(21-27-44)49-39(48)42-36-14-8-7-13-35(36)31-11-4-2-5-12-31;;;/h2,4-5,7-8,11-14,16-19,34,40-41H,3,6,9-10,15,20-30H2,1H3,(H,42,48);3*1H. The number of halogens is 3. The molecule has 2 saturated heterocycles. The highest BCUT2D eigenvalue weighted by atomic mass is 35.5. The van der Waals surface area contributed by atoms with Gasteiger partial charge < -0.3 is 30.1 Å². The molecule has 0 saturated carbocycles. The van der Waals surface area contributed by atoms with E-state index in [-0.39, 0.29) is 55.1 Å². The van der Waals surface area contributed by atoms with Crippen LogP contribution in [0.4, 0.5) is 16.2 Å². The molecule has 2 heterocycles. The first-order valence-electron chi connectivity index (χ1n) is 17.9. The lowest BCUT2D eigenvalue weighted by molar-refractivity contribution is -0.130. The second-order valence-corrected chi connectivity index (χ2v) is 13.0. The zero-order valence-corrected chi connectivity index (χ0v) is 32.5. The molecule has 2 aliphatic rings. The van der Waals surface area contributed by atoms with Gasteiger partial charge >= 0.3 is 6.09 Å². The summed E-state index contributed by atoms with van der Waals surface area (Å²) < 4.78 is 5.77. The SMILES string of the molecule is CN(CCN1CCC(OC(=O)Nc2ccccc2-c2ccccc2)CC1)C(=O)CCCCCNc1ccc(C(=O)N2CCCNCC2)cc1.Cl.Cl.Cl. The van der Waals surface area contributed by atoms with E-state index in [4.69, 9.17) is 4.74 Å². The van der Waals surface area contributed by atoms with E-state index in [0.717, 1.165) is 119 Å². The van der Waals surface area contributed by atoms with Crippen LogP contribution in [0.2, 0.25) is 0 Å². The first-order chi connectivity index (χ1) is 24.0. The van der Waals surface area contributed by atoms with E-state index < -0.39 is 6.09 Å². The number of benzene rings is 3. The Hall–Kier alpha value is -3.54. The van der Waals surface area contributed by atoms with Gasteiger partial charge in [0.25, 0.3) is 5.91 Å². The normalized spacial score (nSPS) is 14.8. The minimum absolute atomic E-state index is 0. The zero-order valence-electron chi connectivity index (χ0n) is 30.1. The molecule has 0 aromatic heterocycles. The number of carbonyl (C=O) groups is 3. The first-order valence-corrected chi connectivity index (χ1v) is 17.9. The lowest BCUT2D eigenvalue weighted by Gasteiger charge is -2.32. The minimum Gasteiger partial charge on any atom is -0.446 e. The molecule has 0 radical (unpaired) electrons. The van der Waals surface area contributed by atoms with Crippen LogP contribution >= 0.6 is 37.2 Å². The number of para-hydroxylation sites is 1. The van der Waals surface area contributed by atoms with Gasteiger partial charge in [-0.05, 0) is 74.5 Å². The van der Waals surface area contributed by atoms with Gasteiger partial charge in [0.2, 0.25) is 5.91 Å². The number of unbranched alkanes of at least 4 members (excludes halogenated alkanes) is 2. The predicted molar refractivity (Wildman–Crippen MR) is 218 cm³/mol. The molecular formula is C39H55Cl3N6O4. The molecule has 0 spiro atoms. The van der Waals surface area contributed by atoms with E-state index in [1.165, 1.54) is 0 Å². The third-order valence-corrected chi connectivity index (χ3v) is 9.39. The van der Waals surface area contributed by atoms with Crippen molar-refractivity contribution < 1.29 is 19.1 Å². The number of nitrogens with zero attached hydrogens (tertiary/aromatic N) is 3. The number of carbonyl (C=O) groups excluding carboxylic acids is 3. The van der Waals surface area contributed by atoms with E-state index in [1.54, 1.807) is 0 Å². The average Bonchev–Trinajstić information content (AvgIpc) is 3.43. The molecule has 13 heteroatoms. The molecule has 2 fully saturated rings. The van der Waals surface area contributed by atoms with E-state index >= 15 is 0 Å². The summed E-state index contributed by atoms with van der Waals surface area (Å²) in [5.74, 6) is 0.279. The van der Waals surface area contributed by atoms with Gasteiger partial charge in [0, 0.05) is 82.6 Å². The molecule has 286 valence electrons. The van der Waals surface area contributed by atoms with Crippen LogP contribution in [0.1, 0.15) is 55.3 Å². The Morgan fingerprint density at radius 1 is 0.827 bits per heavy atom. The topological polar surface area (TPSA) is 106 Å². The molecular weight excluding hydrogens is 723 g/mol. The van der Waals surface area contributed by atoms with Gasteiger partial charge in [0.05, 0.1) is 5.69 Å². The number of rotatable bonds is 14. The molecule has 3 amide bonds. The molecule has 0 aliphatic carbocycles. The summed E-state index contributed by atoms with van der Waals surface area (Å²) in [6, 6.07) is 25.5. The van der Waals surface area contributed by atoms with E-state index in [1.807, 2.05) is 95.7 Å². The number of nitrogens with one attached hydrogen (secondary N) is 3. The fraction of sp³-hybridized carbons (Fsp3) is 0.462. The number of piperidine rings is 1. The monoisotopic (exact) mass is 776 g/mol. The summed E-state index contributed by atoms with van der Waals surface area (Å²) >= 11 is 0. The summed E-state index contributed by atoms with van der Waals surface area (Å²) in [5.41, 5.74) is 4.47. The minimum atomic E-state index is -0.425. The Labute approximate surface area is 327 Å². The largest absolute Gasteiger partial charge is 0.446 e. The third-order valence-electron chi connectivity index (χ3n) is 9.39. The van der Waals surface area contributed by atoms with Crippen LogP contribution in [0.25, 0.3) is 11.1 Å². The van der Waals surface area contributed by atoms with Gasteiger partial charge in [-0.1, -0.05) is 55.0 Å². The second kappa shape index (κ2) is 23.9. The molecule has 52 heavy (non-hydrogen) atoms. The quantitative estimate of drug-likeness (QED) is 0.149. The summed E-state index contributed by atoms with van der Waals surface area (Å²) in [4.78, 5) is 44.3. The van der Waals surface area contributed by atoms with Crippen molar-refractivity contribution in [3.8, 4) is 11.1 Å². The van der Waals surface area contributed by atoms with Gasteiger partial charge in [-0.25, -0.2) is 4.79 Å². The lowest BCUT2D eigenvalue weighted by atomic mass is 10.0. The van der Waals surface area contributed by atoms with Crippen molar-refractivity contribution in [2.45, 2.75) is 51.0 Å². The molecule has 3 aromatic carbocycles. The second-order valence-electron chi connectivity index (χ2n) is 13.0. The van der Waals surface area contributed by atoms with Crippen LogP contribution in [0.3, 0.4) is 0 Å². The highest BCUT2D eigenvalue weighted by Gasteiger charge is 2.23. The van der Waals surface area contributed by atoms with Crippen molar-refractivity contribution in [2.75, 3.05) is 76.6 Å². The van der Waals surface area contributed by atoms with Gasteiger partial charge in [-0.3, -0.25) is 14.9 Å². The van der Waals surface area contributed by atoms with Crippen molar-refractivity contribution in [2.24, 2.45) is 0 Å². The number of hydrogen-bond donors (Lipinski definition) is 3. The third kappa shape index (κ3) is 14.1. The lowest BCUT2D eigenvalue weighted by Crippen LogP contribution is -2.42. The summed E-state index contributed by atoms with van der Waals surface area (Å²) in [6.07, 6.45) is 5.37. The molecule has 3 N–H and O–H groups in total. The number of ether oxygens (including phenoxy) is 1. The van der Waals surface area contributed by atoms with Crippen molar-refractivity contribution in [3.05, 3.63) is 84.4 Å². The molecule has 0 unspecified atom stereocenters. The van der Waals surface area contributed by atoms with Gasteiger partial charge in [-0.15, -0.1) is 37.2 Å². The number of likely N-dealkylation sites (N-methyl/N-ethyl adjacent to an activating group) is 1. The van der Waals surface area contributed by atoms with Crippen LogP contribution in [-0.4, -0.2) is 105 Å². The average molecular weight is 778 g/mol. The zero-order chi connectivity index (χ0) is 34.3. The highest BCUT2D eigenvalue weighted by molar-refractivity contribution is 5.94. The fourth-order valence-electron chi connectivity index (χ4n) is 6.38. The van der Waals surface area contributed by atoms with Crippen molar-refractivity contribution in [3.63, 3.8) is 0 Å². The number of anilines is 2. The van der Waals surface area contributed by atoms with E-state index in [2.05, 4.69) is 20.9 Å². The summed E-state index contributed by atoms with van der Waals surface area (Å²) in [7, 11) is 1.88. The highest BCUT2D eigenvalue weighted by Crippen LogP contribution is 2.28. The molecule has 2 aliphatic heterocycles. The van der Waals surface area contributed by atoms with Gasteiger partial charge in [0.15, 0.2) is 0 Å².